The number of anilines is 2. The zero-order valence-electron chi connectivity index (χ0n) is 10.4. The first-order valence-corrected chi connectivity index (χ1v) is 5.31. The van der Waals surface area contributed by atoms with Crippen molar-refractivity contribution in [2.45, 2.75) is 6.92 Å². The normalized spacial score (nSPS) is 10.1. The molecule has 0 bridgehead atoms. The Morgan fingerprint density at radius 3 is 2.71 bits per heavy atom. The molecule has 0 amide bonds. The number of nitrogens with two attached hydrogens (primary N) is 1. The van der Waals surface area contributed by atoms with Crippen molar-refractivity contribution in [1.82, 2.24) is 0 Å². The van der Waals surface area contributed by atoms with Crippen molar-refractivity contribution in [3.05, 3.63) is 23.3 Å². The van der Waals surface area contributed by atoms with Crippen LogP contribution in [0.4, 0.5) is 11.4 Å². The summed E-state index contributed by atoms with van der Waals surface area (Å²) in [7, 11) is 2.97. The van der Waals surface area contributed by atoms with E-state index in [2.05, 4.69) is 10.1 Å². The molecule has 1 aromatic carbocycles. The Kier molecular flexibility index (Phi) is 4.78. The molecule has 1 rings (SSSR count). The topological polar surface area (TPSA) is 73.6 Å². The molecule has 0 spiro atoms. The van der Waals surface area contributed by atoms with Gasteiger partial charge in [0.15, 0.2) is 0 Å². The molecule has 0 heterocycles. The molecule has 0 saturated heterocycles. The van der Waals surface area contributed by atoms with Crippen LogP contribution < -0.4 is 11.1 Å². The maximum Gasteiger partial charge on any atom is 0.340 e. The third-order valence-electron chi connectivity index (χ3n) is 2.43. The van der Waals surface area contributed by atoms with Crippen LogP contribution >= 0.6 is 0 Å². The number of benzene rings is 1. The number of carbonyl (C=O) groups is 1. The van der Waals surface area contributed by atoms with Crippen molar-refractivity contribution in [2.24, 2.45) is 0 Å². The third-order valence-corrected chi connectivity index (χ3v) is 2.43. The van der Waals surface area contributed by atoms with Gasteiger partial charge in [-0.05, 0) is 24.6 Å². The van der Waals surface area contributed by atoms with Crippen molar-refractivity contribution >= 4 is 17.3 Å². The molecule has 0 aliphatic rings. The molecule has 5 nitrogen and oxygen atoms in total. The third kappa shape index (κ3) is 3.35. The van der Waals surface area contributed by atoms with Gasteiger partial charge in [0.2, 0.25) is 0 Å². The lowest BCUT2D eigenvalue weighted by molar-refractivity contribution is 0.0602. The molecular formula is C12H18N2O3. The number of nitrogens with one attached hydrogen (secondary N) is 1. The van der Waals surface area contributed by atoms with Gasteiger partial charge in [0.1, 0.15) is 0 Å². The van der Waals surface area contributed by atoms with Gasteiger partial charge >= 0.3 is 5.97 Å². The molecular weight excluding hydrogens is 220 g/mol. The SMILES string of the molecule is COCCNc1cc(C)c(N)c(C(=O)OC)c1. The van der Waals surface area contributed by atoms with Crippen LogP contribution in [-0.2, 0) is 9.47 Å². The van der Waals surface area contributed by atoms with Gasteiger partial charge in [-0.2, -0.15) is 0 Å². The summed E-state index contributed by atoms with van der Waals surface area (Å²) in [6.45, 7) is 3.11. The first kappa shape index (κ1) is 13.3. The second-order valence-electron chi connectivity index (χ2n) is 3.67. The van der Waals surface area contributed by atoms with Crippen LogP contribution in [0.3, 0.4) is 0 Å². The average Bonchev–Trinajstić information content (AvgIpc) is 2.32. The average molecular weight is 238 g/mol. The highest BCUT2D eigenvalue weighted by atomic mass is 16.5. The molecule has 0 unspecified atom stereocenters. The lowest BCUT2D eigenvalue weighted by Crippen LogP contribution is -2.11. The Balaban J connectivity index is 2.93. The van der Waals surface area contributed by atoms with Crippen molar-refractivity contribution in [2.75, 3.05) is 38.4 Å². The molecule has 17 heavy (non-hydrogen) atoms. The highest BCUT2D eigenvalue weighted by Gasteiger charge is 2.13. The summed E-state index contributed by atoms with van der Waals surface area (Å²) in [6, 6.07) is 3.57. The van der Waals surface area contributed by atoms with Gasteiger partial charge in [-0.1, -0.05) is 0 Å². The predicted octanol–water partition coefficient (Wildman–Crippen LogP) is 1.42. The van der Waals surface area contributed by atoms with E-state index in [9.17, 15) is 4.79 Å². The minimum Gasteiger partial charge on any atom is -0.465 e. The minimum atomic E-state index is -0.430. The smallest absolute Gasteiger partial charge is 0.340 e. The summed E-state index contributed by atoms with van der Waals surface area (Å²) in [5.41, 5.74) is 8.33. The quantitative estimate of drug-likeness (QED) is 0.461. The highest BCUT2D eigenvalue weighted by Crippen LogP contribution is 2.23. The maximum atomic E-state index is 11.5. The highest BCUT2D eigenvalue weighted by molar-refractivity contribution is 5.97. The molecule has 1 aromatic rings. The summed E-state index contributed by atoms with van der Waals surface area (Å²) >= 11 is 0. The molecule has 5 heteroatoms. The summed E-state index contributed by atoms with van der Waals surface area (Å²) in [4.78, 5) is 11.5. The fraction of sp³-hybridized carbons (Fsp3) is 0.417. The monoisotopic (exact) mass is 238 g/mol. The van der Waals surface area contributed by atoms with Crippen molar-refractivity contribution in [3.8, 4) is 0 Å². The molecule has 3 N–H and O–H groups in total. The van der Waals surface area contributed by atoms with Crippen molar-refractivity contribution in [3.63, 3.8) is 0 Å². The first-order chi connectivity index (χ1) is 8.10. The Labute approximate surface area is 101 Å². The molecule has 0 aliphatic heterocycles. The first-order valence-electron chi connectivity index (χ1n) is 5.31. The second-order valence-corrected chi connectivity index (χ2v) is 3.67. The number of hydrogen-bond donors (Lipinski definition) is 2. The van der Waals surface area contributed by atoms with E-state index in [-0.39, 0.29) is 0 Å². The van der Waals surface area contributed by atoms with Crippen LogP contribution in [0.5, 0.6) is 0 Å². The Bertz CT molecular complexity index is 405. The number of methoxy groups -OCH3 is 2. The molecule has 0 aromatic heterocycles. The minimum absolute atomic E-state index is 0.382. The van der Waals surface area contributed by atoms with Crippen LogP contribution in [0.1, 0.15) is 15.9 Å². The number of nitrogen functional groups attached to an aromatic ring is 1. The number of esters is 1. The van der Waals surface area contributed by atoms with Gasteiger partial charge in [0.05, 0.1) is 19.3 Å². The summed E-state index contributed by atoms with van der Waals surface area (Å²) in [5, 5.41) is 3.14. The van der Waals surface area contributed by atoms with Crippen LogP contribution in [0.2, 0.25) is 0 Å². The van der Waals surface area contributed by atoms with E-state index in [4.69, 9.17) is 10.5 Å². The van der Waals surface area contributed by atoms with Crippen LogP contribution in [0, 0.1) is 6.92 Å². The van der Waals surface area contributed by atoms with E-state index in [1.165, 1.54) is 7.11 Å². The molecule has 0 saturated carbocycles. The molecule has 0 radical (unpaired) electrons. The summed E-state index contributed by atoms with van der Waals surface area (Å²) in [6.07, 6.45) is 0. The van der Waals surface area contributed by atoms with Crippen LogP contribution in [0.25, 0.3) is 0 Å². The lowest BCUT2D eigenvalue weighted by Gasteiger charge is -2.12. The maximum absolute atomic E-state index is 11.5. The van der Waals surface area contributed by atoms with Gasteiger partial charge in [-0.25, -0.2) is 4.79 Å². The number of hydrogen-bond acceptors (Lipinski definition) is 5. The zero-order chi connectivity index (χ0) is 12.8. The number of carbonyl (C=O) groups excluding carboxylic acids is 1. The fourth-order valence-corrected chi connectivity index (χ4v) is 1.48. The van der Waals surface area contributed by atoms with Crippen molar-refractivity contribution < 1.29 is 14.3 Å². The molecule has 0 fully saturated rings. The van der Waals surface area contributed by atoms with Gasteiger partial charge in [-0.3, -0.25) is 0 Å². The molecule has 94 valence electrons. The predicted molar refractivity (Wildman–Crippen MR) is 67.3 cm³/mol. The van der Waals surface area contributed by atoms with Gasteiger partial charge in [0.25, 0.3) is 0 Å². The zero-order valence-corrected chi connectivity index (χ0v) is 10.4. The van der Waals surface area contributed by atoms with Gasteiger partial charge < -0.3 is 20.5 Å². The Morgan fingerprint density at radius 2 is 2.12 bits per heavy atom. The van der Waals surface area contributed by atoms with E-state index in [0.29, 0.717) is 24.4 Å². The van der Waals surface area contributed by atoms with Crippen molar-refractivity contribution in [1.29, 1.82) is 0 Å². The van der Waals surface area contributed by atoms with Gasteiger partial charge in [-0.15, -0.1) is 0 Å². The Hall–Kier alpha value is -1.75. The number of ether oxygens (including phenoxy) is 2. The van der Waals surface area contributed by atoms with Gasteiger partial charge in [0, 0.05) is 25.0 Å². The van der Waals surface area contributed by atoms with E-state index in [1.807, 2.05) is 13.0 Å². The molecule has 0 aliphatic carbocycles. The standard InChI is InChI=1S/C12H18N2O3/c1-8-6-9(14-4-5-16-2)7-10(11(8)13)12(15)17-3/h6-7,14H,4-5,13H2,1-3H3. The fourth-order valence-electron chi connectivity index (χ4n) is 1.48. The molecule has 0 atom stereocenters. The number of aryl methyl sites for hydroxylation is 1. The lowest BCUT2D eigenvalue weighted by atomic mass is 10.1. The Morgan fingerprint density at radius 1 is 1.41 bits per heavy atom. The van der Waals surface area contributed by atoms with E-state index < -0.39 is 5.97 Å². The van der Waals surface area contributed by atoms with E-state index in [0.717, 1.165) is 11.3 Å². The second kappa shape index (κ2) is 6.10. The van der Waals surface area contributed by atoms with Crippen LogP contribution in [-0.4, -0.2) is 33.3 Å². The number of rotatable bonds is 5. The summed E-state index contributed by atoms with van der Waals surface area (Å²) in [5.74, 6) is -0.430. The largest absolute Gasteiger partial charge is 0.465 e. The van der Waals surface area contributed by atoms with E-state index >= 15 is 0 Å². The van der Waals surface area contributed by atoms with Crippen LogP contribution in [0.15, 0.2) is 12.1 Å². The summed E-state index contributed by atoms with van der Waals surface area (Å²) < 4.78 is 9.62. The van der Waals surface area contributed by atoms with E-state index in [1.54, 1.807) is 13.2 Å².